The van der Waals surface area contributed by atoms with Crippen LogP contribution in [0.1, 0.15) is 26.3 Å². The Bertz CT molecular complexity index is 862. The molecule has 0 radical (unpaired) electrons. The topological polar surface area (TPSA) is 75.7 Å². The van der Waals surface area contributed by atoms with E-state index in [2.05, 4.69) is 5.32 Å². The van der Waals surface area contributed by atoms with Crippen molar-refractivity contribution < 1.29 is 17.9 Å². The summed E-state index contributed by atoms with van der Waals surface area (Å²) < 4.78 is 31.2. The highest BCUT2D eigenvalue weighted by Crippen LogP contribution is 2.23. The quantitative estimate of drug-likeness (QED) is 0.749. The molecule has 0 aromatic heterocycles. The number of amides is 1. The molecule has 7 heteroatoms. The van der Waals surface area contributed by atoms with Gasteiger partial charge in [0.2, 0.25) is 15.9 Å². The third-order valence-electron chi connectivity index (χ3n) is 4.12. The molecule has 0 aliphatic rings. The van der Waals surface area contributed by atoms with Crippen molar-refractivity contribution in [3.63, 3.8) is 0 Å². The van der Waals surface area contributed by atoms with Gasteiger partial charge in [0.05, 0.1) is 18.6 Å². The van der Waals surface area contributed by atoms with Crippen molar-refractivity contribution in [2.24, 2.45) is 0 Å². The summed E-state index contributed by atoms with van der Waals surface area (Å²) >= 11 is 0. The number of nitrogens with zero attached hydrogens (tertiary/aromatic N) is 1. The Morgan fingerprint density at radius 2 is 1.67 bits per heavy atom. The standard InChI is InChI=1S/C20H26N2O4S/c1-5-16-7-11-18(12-8-16)22(27(4,24)25)15(3)20(23)21-17-9-13-19(14-10-17)26-6-2/h7-15H,5-6H2,1-4H3,(H,21,23). The number of hydrogen-bond acceptors (Lipinski definition) is 4. The molecule has 146 valence electrons. The molecule has 0 spiro atoms. The Morgan fingerprint density at radius 3 is 2.15 bits per heavy atom. The van der Waals surface area contributed by atoms with Gasteiger partial charge in [-0.2, -0.15) is 0 Å². The lowest BCUT2D eigenvalue weighted by Gasteiger charge is -2.28. The van der Waals surface area contributed by atoms with Crippen molar-refractivity contribution in [2.45, 2.75) is 33.2 Å². The first kappa shape index (κ1) is 20.8. The second-order valence-corrected chi connectivity index (χ2v) is 8.06. The maximum absolute atomic E-state index is 12.7. The van der Waals surface area contributed by atoms with Crippen LogP contribution in [0.3, 0.4) is 0 Å². The average Bonchev–Trinajstić information content (AvgIpc) is 2.63. The van der Waals surface area contributed by atoms with Crippen molar-refractivity contribution in [3.8, 4) is 5.75 Å². The van der Waals surface area contributed by atoms with Crippen LogP contribution in [0.2, 0.25) is 0 Å². The van der Waals surface area contributed by atoms with Crippen molar-refractivity contribution in [1.82, 2.24) is 0 Å². The van der Waals surface area contributed by atoms with Gasteiger partial charge in [-0.3, -0.25) is 9.10 Å². The fourth-order valence-corrected chi connectivity index (χ4v) is 3.91. The van der Waals surface area contributed by atoms with E-state index >= 15 is 0 Å². The molecule has 1 N–H and O–H groups in total. The van der Waals surface area contributed by atoms with Crippen LogP contribution in [-0.4, -0.2) is 33.2 Å². The van der Waals surface area contributed by atoms with E-state index in [0.717, 1.165) is 22.5 Å². The molecule has 6 nitrogen and oxygen atoms in total. The minimum atomic E-state index is -3.64. The molecule has 0 bridgehead atoms. The molecule has 0 aliphatic carbocycles. The zero-order valence-electron chi connectivity index (χ0n) is 16.1. The number of carbonyl (C=O) groups excluding carboxylic acids is 1. The number of anilines is 2. The second kappa shape index (κ2) is 8.90. The van der Waals surface area contributed by atoms with Gasteiger partial charge in [-0.15, -0.1) is 0 Å². The Hall–Kier alpha value is -2.54. The molecule has 2 aromatic carbocycles. The SMILES string of the molecule is CCOc1ccc(NC(=O)C(C)N(c2ccc(CC)cc2)S(C)(=O)=O)cc1. The summed E-state index contributed by atoms with van der Waals surface area (Å²) in [5.41, 5.74) is 2.13. The van der Waals surface area contributed by atoms with Crippen molar-refractivity contribution in [1.29, 1.82) is 0 Å². The number of carbonyl (C=O) groups is 1. The Labute approximate surface area is 161 Å². The lowest BCUT2D eigenvalue weighted by molar-refractivity contribution is -0.116. The predicted octanol–water partition coefficient (Wildman–Crippen LogP) is 3.44. The lowest BCUT2D eigenvalue weighted by Crippen LogP contribution is -2.45. The number of benzene rings is 2. The maximum atomic E-state index is 12.7. The number of nitrogens with one attached hydrogen (secondary N) is 1. The van der Waals surface area contributed by atoms with E-state index in [1.807, 2.05) is 26.0 Å². The fourth-order valence-electron chi connectivity index (χ4n) is 2.74. The van der Waals surface area contributed by atoms with Crippen LogP contribution in [-0.2, 0) is 21.2 Å². The van der Waals surface area contributed by atoms with E-state index < -0.39 is 22.0 Å². The van der Waals surface area contributed by atoms with Crippen molar-refractivity contribution in [2.75, 3.05) is 22.5 Å². The molecule has 0 fully saturated rings. The van der Waals surface area contributed by atoms with E-state index in [1.165, 1.54) is 0 Å². The van der Waals surface area contributed by atoms with Crippen molar-refractivity contribution in [3.05, 3.63) is 54.1 Å². The zero-order valence-corrected chi connectivity index (χ0v) is 16.9. The van der Waals surface area contributed by atoms with Crippen LogP contribution in [0.15, 0.2) is 48.5 Å². The maximum Gasteiger partial charge on any atom is 0.247 e. The molecular formula is C20H26N2O4S. The first-order chi connectivity index (χ1) is 12.8. The predicted molar refractivity (Wildman–Crippen MR) is 109 cm³/mol. The molecule has 2 rings (SSSR count). The van der Waals surface area contributed by atoms with E-state index in [0.29, 0.717) is 23.7 Å². The van der Waals surface area contributed by atoms with E-state index in [-0.39, 0.29) is 0 Å². The first-order valence-corrected chi connectivity index (χ1v) is 10.7. The zero-order chi connectivity index (χ0) is 20.0. The number of rotatable bonds is 8. The number of ether oxygens (including phenoxy) is 1. The molecule has 0 aliphatic heterocycles. The summed E-state index contributed by atoms with van der Waals surface area (Å²) in [6, 6.07) is 13.2. The summed E-state index contributed by atoms with van der Waals surface area (Å²) in [7, 11) is -3.64. The molecular weight excluding hydrogens is 364 g/mol. The van der Waals surface area contributed by atoms with Gasteiger partial charge in [-0.05, 0) is 62.2 Å². The molecule has 0 saturated carbocycles. The van der Waals surface area contributed by atoms with Crippen LogP contribution in [0.25, 0.3) is 0 Å². The summed E-state index contributed by atoms with van der Waals surface area (Å²) in [5, 5.41) is 2.76. The summed E-state index contributed by atoms with van der Waals surface area (Å²) in [4.78, 5) is 12.7. The minimum absolute atomic E-state index is 0.413. The first-order valence-electron chi connectivity index (χ1n) is 8.88. The highest BCUT2D eigenvalue weighted by atomic mass is 32.2. The summed E-state index contributed by atoms with van der Waals surface area (Å²) in [6.45, 7) is 6.04. The number of sulfonamides is 1. The number of hydrogen-bond donors (Lipinski definition) is 1. The normalized spacial score (nSPS) is 12.3. The largest absolute Gasteiger partial charge is 0.494 e. The third kappa shape index (κ3) is 5.47. The minimum Gasteiger partial charge on any atom is -0.494 e. The van der Waals surface area contributed by atoms with Crippen molar-refractivity contribution >= 4 is 27.3 Å². The highest BCUT2D eigenvalue weighted by Gasteiger charge is 2.29. The smallest absolute Gasteiger partial charge is 0.247 e. The molecule has 0 heterocycles. The van der Waals surface area contributed by atoms with Gasteiger partial charge in [-0.25, -0.2) is 8.42 Å². The van der Waals surface area contributed by atoms with Crippen LogP contribution >= 0.6 is 0 Å². The Balaban J connectivity index is 2.21. The average molecular weight is 391 g/mol. The van der Waals surface area contributed by atoms with Gasteiger partial charge in [0.1, 0.15) is 11.8 Å². The van der Waals surface area contributed by atoms with Gasteiger partial charge in [-0.1, -0.05) is 19.1 Å². The molecule has 1 unspecified atom stereocenters. The van der Waals surface area contributed by atoms with Gasteiger partial charge in [0, 0.05) is 5.69 Å². The Kier molecular flexibility index (Phi) is 6.85. The van der Waals surface area contributed by atoms with E-state index in [4.69, 9.17) is 4.74 Å². The molecule has 27 heavy (non-hydrogen) atoms. The van der Waals surface area contributed by atoms with Gasteiger partial charge < -0.3 is 10.1 Å². The Morgan fingerprint density at radius 1 is 1.07 bits per heavy atom. The number of aryl methyl sites for hydroxylation is 1. The highest BCUT2D eigenvalue weighted by molar-refractivity contribution is 7.92. The summed E-state index contributed by atoms with van der Waals surface area (Å²) in [6.07, 6.45) is 1.95. The molecule has 1 atom stereocenters. The molecule has 2 aromatic rings. The van der Waals surface area contributed by atoms with Crippen LogP contribution in [0.5, 0.6) is 5.75 Å². The lowest BCUT2D eigenvalue weighted by atomic mass is 10.1. The van der Waals surface area contributed by atoms with Crippen LogP contribution in [0, 0.1) is 0 Å². The molecule has 1 amide bonds. The van der Waals surface area contributed by atoms with Gasteiger partial charge in [0.25, 0.3) is 0 Å². The fraction of sp³-hybridized carbons (Fsp3) is 0.350. The van der Waals surface area contributed by atoms with Gasteiger partial charge >= 0.3 is 0 Å². The van der Waals surface area contributed by atoms with E-state index in [9.17, 15) is 13.2 Å². The van der Waals surface area contributed by atoms with Crippen LogP contribution < -0.4 is 14.4 Å². The summed E-state index contributed by atoms with van der Waals surface area (Å²) in [5.74, 6) is 0.293. The molecule has 0 saturated heterocycles. The van der Waals surface area contributed by atoms with Crippen LogP contribution in [0.4, 0.5) is 11.4 Å². The third-order valence-corrected chi connectivity index (χ3v) is 5.36. The second-order valence-electron chi connectivity index (χ2n) is 6.20. The monoisotopic (exact) mass is 390 g/mol. The van der Waals surface area contributed by atoms with Gasteiger partial charge in [0.15, 0.2) is 0 Å². The van der Waals surface area contributed by atoms with E-state index in [1.54, 1.807) is 43.3 Å².